The first kappa shape index (κ1) is 32.5. The highest BCUT2D eigenvalue weighted by atomic mass is 19.1. The summed E-state index contributed by atoms with van der Waals surface area (Å²) in [5.74, 6) is 0.717. The molecule has 1 aliphatic carbocycles. The van der Waals surface area contributed by atoms with Crippen LogP contribution in [-0.4, -0.2) is 27.1 Å². The van der Waals surface area contributed by atoms with Crippen molar-refractivity contribution in [2.24, 2.45) is 11.3 Å². The topological polar surface area (TPSA) is 35.5 Å². The predicted molar refractivity (Wildman–Crippen MR) is 141 cm³/mol. The van der Waals surface area contributed by atoms with E-state index in [2.05, 4.69) is 32.9 Å². The monoisotopic (exact) mass is 458 g/mol. The molecule has 0 radical (unpaired) electrons. The van der Waals surface area contributed by atoms with Crippen molar-refractivity contribution >= 4 is 6.29 Å². The molecule has 0 aromatic rings. The molecule has 2 atom stereocenters. The lowest BCUT2D eigenvalue weighted by Crippen LogP contribution is -2.16. The van der Waals surface area contributed by atoms with Crippen LogP contribution in [0.5, 0.6) is 0 Å². The Kier molecular flexibility index (Phi) is 17.5. The smallest absolute Gasteiger partial charge is 0.116 e. The van der Waals surface area contributed by atoms with Crippen LogP contribution in [0.1, 0.15) is 47.0 Å². The molecule has 0 aromatic heterocycles. The summed E-state index contributed by atoms with van der Waals surface area (Å²) in [6.07, 6.45) is 12.1. The largest absolute Gasteiger partial charge is 0.497 e. The SMILES string of the molecule is C=C(/C=C\C(=C)[C@]1(C)CC(C)C=C1F)C(=C)/C=C(/CCCOC)C(=C)OC.C=CC.CC=O. The molecule has 0 fully saturated rings. The maximum atomic E-state index is 14.3. The van der Waals surface area contributed by atoms with E-state index in [1.54, 1.807) is 26.4 Å². The minimum atomic E-state index is -0.636. The average Bonchev–Trinajstić information content (AvgIpc) is 3.03. The molecule has 0 aliphatic heterocycles. The van der Waals surface area contributed by atoms with Crippen LogP contribution < -0.4 is 0 Å². The van der Waals surface area contributed by atoms with Gasteiger partial charge in [0, 0.05) is 19.1 Å². The van der Waals surface area contributed by atoms with Gasteiger partial charge in [-0.1, -0.05) is 51.5 Å². The van der Waals surface area contributed by atoms with Gasteiger partial charge in [0.2, 0.25) is 0 Å². The fourth-order valence-electron chi connectivity index (χ4n) is 3.14. The van der Waals surface area contributed by atoms with E-state index in [9.17, 15) is 4.39 Å². The molecule has 0 amide bonds. The van der Waals surface area contributed by atoms with Crippen LogP contribution in [0, 0.1) is 11.3 Å². The van der Waals surface area contributed by atoms with E-state index in [4.69, 9.17) is 14.3 Å². The summed E-state index contributed by atoms with van der Waals surface area (Å²) in [5, 5.41) is 0. The number of aldehydes is 1. The van der Waals surface area contributed by atoms with Crippen molar-refractivity contribution < 1.29 is 18.7 Å². The van der Waals surface area contributed by atoms with Gasteiger partial charge in [0.05, 0.1) is 7.11 Å². The molecule has 184 valence electrons. The van der Waals surface area contributed by atoms with Gasteiger partial charge in [0.25, 0.3) is 0 Å². The van der Waals surface area contributed by atoms with E-state index in [-0.39, 0.29) is 11.7 Å². The molecule has 4 heteroatoms. The summed E-state index contributed by atoms with van der Waals surface area (Å²) in [4.78, 5) is 8.81. The number of allylic oxidation sites excluding steroid dienone is 10. The minimum absolute atomic E-state index is 0.106. The van der Waals surface area contributed by atoms with Crippen molar-refractivity contribution in [3.8, 4) is 0 Å². The van der Waals surface area contributed by atoms with Crippen LogP contribution in [0.15, 0.2) is 97.2 Å². The van der Waals surface area contributed by atoms with E-state index >= 15 is 0 Å². The van der Waals surface area contributed by atoms with Crippen LogP contribution in [0.25, 0.3) is 0 Å². The molecular formula is C29H43FO3. The number of halogens is 1. The standard InChI is InChI=1S/C24H33FO2.C3H6.C2H4O/c1-17-14-23(25)24(6,16-17)20(4)12-11-18(2)19(3)15-22(21(5)27-8)10-9-13-26-7;1-3-2;1-2-3/h11-12,14-15,17H,2-5,9-10,13,16H2,1,6-8H3;3H,1H2,2H3;2H,1H3/b12-11-,22-15-;;/t17?,24-;;/m0../s1. The van der Waals surface area contributed by atoms with Crippen molar-refractivity contribution in [1.29, 1.82) is 0 Å². The van der Waals surface area contributed by atoms with Gasteiger partial charge in [-0.25, -0.2) is 4.39 Å². The molecule has 0 heterocycles. The fraction of sp³-hybridized carbons (Fsp3) is 0.414. The summed E-state index contributed by atoms with van der Waals surface area (Å²) in [5.41, 5.74) is 2.55. The van der Waals surface area contributed by atoms with Crippen LogP contribution >= 0.6 is 0 Å². The van der Waals surface area contributed by atoms with E-state index in [1.165, 1.54) is 6.92 Å². The molecule has 0 aromatic carbocycles. The van der Waals surface area contributed by atoms with Crippen LogP contribution in [0.2, 0.25) is 0 Å². The highest BCUT2D eigenvalue weighted by molar-refractivity contribution is 5.48. The van der Waals surface area contributed by atoms with E-state index < -0.39 is 5.41 Å². The Bertz CT molecular complexity index is 777. The minimum Gasteiger partial charge on any atom is -0.497 e. The maximum absolute atomic E-state index is 14.3. The van der Waals surface area contributed by atoms with Gasteiger partial charge in [-0.15, -0.1) is 6.58 Å². The zero-order chi connectivity index (χ0) is 26.0. The Morgan fingerprint density at radius 1 is 1.18 bits per heavy atom. The number of hydrogen-bond donors (Lipinski definition) is 0. The van der Waals surface area contributed by atoms with Crippen LogP contribution in [0.4, 0.5) is 4.39 Å². The third-order valence-corrected chi connectivity index (χ3v) is 5.04. The molecule has 1 unspecified atom stereocenters. The molecule has 0 spiro atoms. The lowest BCUT2D eigenvalue weighted by atomic mass is 9.80. The fourth-order valence-corrected chi connectivity index (χ4v) is 3.14. The average molecular weight is 459 g/mol. The highest BCUT2D eigenvalue weighted by Gasteiger charge is 2.37. The molecule has 0 saturated carbocycles. The Labute approximate surface area is 201 Å². The molecule has 33 heavy (non-hydrogen) atoms. The summed E-state index contributed by atoms with van der Waals surface area (Å²) < 4.78 is 24.7. The quantitative estimate of drug-likeness (QED) is 0.103. The van der Waals surface area contributed by atoms with Crippen molar-refractivity contribution in [1.82, 2.24) is 0 Å². The highest BCUT2D eigenvalue weighted by Crippen LogP contribution is 2.47. The van der Waals surface area contributed by atoms with Gasteiger partial charge < -0.3 is 14.3 Å². The van der Waals surface area contributed by atoms with Gasteiger partial charge in [-0.2, -0.15) is 0 Å². The molecule has 0 N–H and O–H groups in total. The Balaban J connectivity index is 0. The second kappa shape index (κ2) is 17.8. The molecular weight excluding hydrogens is 415 g/mol. The van der Waals surface area contributed by atoms with Crippen molar-refractivity contribution in [3.05, 3.63) is 97.2 Å². The zero-order valence-corrected chi connectivity index (χ0v) is 21.5. The number of methoxy groups -OCH3 is 2. The first-order valence-electron chi connectivity index (χ1n) is 11.0. The Morgan fingerprint density at radius 2 is 1.73 bits per heavy atom. The normalized spacial score (nSPS) is 19.3. The number of ether oxygens (including phenoxy) is 2. The van der Waals surface area contributed by atoms with Gasteiger partial charge in [-0.05, 0) is 80.4 Å². The van der Waals surface area contributed by atoms with Crippen LogP contribution in [0.3, 0.4) is 0 Å². The first-order valence-corrected chi connectivity index (χ1v) is 11.0. The molecule has 1 rings (SSSR count). The predicted octanol–water partition coefficient (Wildman–Crippen LogP) is 8.02. The van der Waals surface area contributed by atoms with Gasteiger partial charge in [-0.3, -0.25) is 0 Å². The second-order valence-electron chi connectivity index (χ2n) is 7.97. The van der Waals surface area contributed by atoms with Gasteiger partial charge in [0.15, 0.2) is 0 Å². The van der Waals surface area contributed by atoms with E-state index in [1.807, 2.05) is 39.0 Å². The van der Waals surface area contributed by atoms with Crippen LogP contribution in [-0.2, 0) is 14.3 Å². The summed E-state index contributed by atoms with van der Waals surface area (Å²) >= 11 is 0. The zero-order valence-electron chi connectivity index (χ0n) is 21.5. The van der Waals surface area contributed by atoms with Gasteiger partial charge in [0.1, 0.15) is 17.9 Å². The summed E-state index contributed by atoms with van der Waals surface area (Å²) in [6, 6.07) is 0. The van der Waals surface area contributed by atoms with Gasteiger partial charge >= 0.3 is 0 Å². The first-order chi connectivity index (χ1) is 15.5. The lowest BCUT2D eigenvalue weighted by molar-refractivity contribution is -0.106. The number of rotatable bonds is 11. The molecule has 0 saturated heterocycles. The second-order valence-corrected chi connectivity index (χ2v) is 7.97. The molecule has 1 aliphatic rings. The van der Waals surface area contributed by atoms with E-state index in [0.717, 1.165) is 47.8 Å². The Hall–Kier alpha value is -2.72. The van der Waals surface area contributed by atoms with Crippen molar-refractivity contribution in [2.45, 2.75) is 47.0 Å². The Morgan fingerprint density at radius 3 is 2.15 bits per heavy atom. The maximum Gasteiger partial charge on any atom is 0.116 e. The van der Waals surface area contributed by atoms with E-state index in [0.29, 0.717) is 12.4 Å². The summed E-state index contributed by atoms with van der Waals surface area (Å²) in [7, 11) is 3.27. The number of carbonyl (C=O) groups is 1. The lowest BCUT2D eigenvalue weighted by Gasteiger charge is -2.25. The molecule has 3 nitrogen and oxygen atoms in total. The summed E-state index contributed by atoms with van der Waals surface area (Å²) in [6.45, 7) is 27.4. The molecule has 0 bridgehead atoms. The van der Waals surface area contributed by atoms with Crippen molar-refractivity contribution in [3.63, 3.8) is 0 Å². The third-order valence-electron chi connectivity index (χ3n) is 5.04. The number of carbonyl (C=O) groups excluding carboxylic acids is 1. The third kappa shape index (κ3) is 12.2. The number of hydrogen-bond acceptors (Lipinski definition) is 3. The van der Waals surface area contributed by atoms with Crippen molar-refractivity contribution in [2.75, 3.05) is 20.8 Å².